The average molecular weight is 345 g/mol. The van der Waals surface area contributed by atoms with Crippen molar-refractivity contribution in [3.8, 4) is 11.5 Å². The summed E-state index contributed by atoms with van der Waals surface area (Å²) in [5.41, 5.74) is 0. The Balaban J connectivity index is 1.79. The number of carbonyl (C=O) groups is 1. The summed E-state index contributed by atoms with van der Waals surface area (Å²) in [6, 6.07) is 7.19. The number of ether oxygens (including phenoxy) is 3. The fourth-order valence-electron chi connectivity index (χ4n) is 2.05. The zero-order chi connectivity index (χ0) is 16.9. The molecular formula is C14H19NO7S. The van der Waals surface area contributed by atoms with Gasteiger partial charge in [-0.25, -0.2) is 4.79 Å². The lowest BCUT2D eigenvalue weighted by atomic mass is 10.3. The van der Waals surface area contributed by atoms with Crippen molar-refractivity contribution >= 4 is 16.2 Å². The highest BCUT2D eigenvalue weighted by Gasteiger charge is 2.31. The quantitative estimate of drug-likeness (QED) is 0.646. The molecule has 0 unspecified atom stereocenters. The van der Waals surface area contributed by atoms with Gasteiger partial charge in [-0.1, -0.05) is 12.1 Å². The molecule has 1 atom stereocenters. The molecule has 128 valence electrons. The van der Waals surface area contributed by atoms with Crippen LogP contribution in [0.1, 0.15) is 0 Å². The first-order valence-electron chi connectivity index (χ1n) is 6.95. The van der Waals surface area contributed by atoms with Crippen LogP contribution in [0, 0.1) is 0 Å². The van der Waals surface area contributed by atoms with Crippen LogP contribution in [0.25, 0.3) is 0 Å². The van der Waals surface area contributed by atoms with E-state index in [0.29, 0.717) is 18.0 Å². The van der Waals surface area contributed by atoms with Gasteiger partial charge in [0.25, 0.3) is 10.1 Å². The molecule has 0 aromatic heterocycles. The standard InChI is InChI=1S/C14H19NO7S/c1-19-12-5-3-4-6-13(12)20-8-7-15-9-11(22-14(15)16)10-21-23(2,17)18/h3-6,11H,7-10H2,1-2H3/t11-/m1/s1. The minimum atomic E-state index is -3.56. The molecule has 0 N–H and O–H groups in total. The number of methoxy groups -OCH3 is 1. The summed E-state index contributed by atoms with van der Waals surface area (Å²) in [5.74, 6) is 1.19. The number of para-hydroxylation sites is 2. The summed E-state index contributed by atoms with van der Waals surface area (Å²) in [6.07, 6.45) is -0.179. The highest BCUT2D eigenvalue weighted by atomic mass is 32.2. The SMILES string of the molecule is COc1ccccc1OCCN1C[C@H](COS(C)(=O)=O)OC1=O. The van der Waals surface area contributed by atoms with E-state index < -0.39 is 22.3 Å². The Labute approximate surface area is 135 Å². The lowest BCUT2D eigenvalue weighted by Gasteiger charge is -2.14. The lowest BCUT2D eigenvalue weighted by molar-refractivity contribution is 0.104. The van der Waals surface area contributed by atoms with Crippen molar-refractivity contribution in [3.05, 3.63) is 24.3 Å². The number of rotatable bonds is 8. The molecule has 23 heavy (non-hydrogen) atoms. The molecule has 1 aliphatic rings. The molecule has 1 fully saturated rings. The largest absolute Gasteiger partial charge is 0.493 e. The summed E-state index contributed by atoms with van der Waals surface area (Å²) in [4.78, 5) is 13.1. The Hall–Kier alpha value is -2.00. The van der Waals surface area contributed by atoms with Crippen molar-refractivity contribution in [1.29, 1.82) is 0 Å². The first-order valence-corrected chi connectivity index (χ1v) is 8.76. The van der Waals surface area contributed by atoms with E-state index in [0.717, 1.165) is 6.26 Å². The molecule has 0 aliphatic carbocycles. The van der Waals surface area contributed by atoms with E-state index >= 15 is 0 Å². The molecule has 1 amide bonds. The maximum atomic E-state index is 11.7. The van der Waals surface area contributed by atoms with Crippen molar-refractivity contribution in [1.82, 2.24) is 4.90 Å². The van der Waals surface area contributed by atoms with Crippen LogP contribution < -0.4 is 9.47 Å². The van der Waals surface area contributed by atoms with Crippen LogP contribution in [0.2, 0.25) is 0 Å². The molecule has 9 heteroatoms. The Kier molecular flexibility index (Phi) is 5.67. The van der Waals surface area contributed by atoms with E-state index in [2.05, 4.69) is 4.18 Å². The number of hydrogen-bond donors (Lipinski definition) is 0. The summed E-state index contributed by atoms with van der Waals surface area (Å²) >= 11 is 0. The van der Waals surface area contributed by atoms with Crippen LogP contribution in [0.4, 0.5) is 4.79 Å². The van der Waals surface area contributed by atoms with E-state index in [1.807, 2.05) is 12.1 Å². The van der Waals surface area contributed by atoms with Crippen molar-refractivity contribution in [2.75, 3.05) is 39.7 Å². The molecule has 0 bridgehead atoms. The highest BCUT2D eigenvalue weighted by Crippen LogP contribution is 2.25. The van der Waals surface area contributed by atoms with Crippen LogP contribution in [-0.2, 0) is 19.0 Å². The number of nitrogens with zero attached hydrogens (tertiary/aromatic N) is 1. The van der Waals surface area contributed by atoms with Crippen LogP contribution in [0.3, 0.4) is 0 Å². The summed E-state index contributed by atoms with van der Waals surface area (Å²) < 4.78 is 42.3. The molecule has 1 heterocycles. The van der Waals surface area contributed by atoms with E-state index in [1.54, 1.807) is 19.2 Å². The first-order chi connectivity index (χ1) is 10.9. The van der Waals surface area contributed by atoms with Gasteiger partial charge in [0.2, 0.25) is 0 Å². The van der Waals surface area contributed by atoms with Gasteiger partial charge in [0.15, 0.2) is 11.5 Å². The normalized spacial score (nSPS) is 17.9. The van der Waals surface area contributed by atoms with Gasteiger partial charge >= 0.3 is 6.09 Å². The van der Waals surface area contributed by atoms with E-state index in [1.165, 1.54) is 4.90 Å². The smallest absolute Gasteiger partial charge is 0.410 e. The van der Waals surface area contributed by atoms with Gasteiger partial charge < -0.3 is 19.1 Å². The summed E-state index contributed by atoms with van der Waals surface area (Å²) in [5, 5.41) is 0. The van der Waals surface area contributed by atoms with E-state index in [4.69, 9.17) is 14.2 Å². The van der Waals surface area contributed by atoms with Crippen LogP contribution in [0.5, 0.6) is 11.5 Å². The first kappa shape index (κ1) is 17.4. The maximum Gasteiger partial charge on any atom is 0.410 e. The van der Waals surface area contributed by atoms with Gasteiger partial charge in [-0.05, 0) is 12.1 Å². The van der Waals surface area contributed by atoms with Crippen LogP contribution in [-0.4, -0.2) is 65.2 Å². The molecule has 1 aliphatic heterocycles. The van der Waals surface area contributed by atoms with Gasteiger partial charge in [-0.2, -0.15) is 8.42 Å². The highest BCUT2D eigenvalue weighted by molar-refractivity contribution is 7.85. The van der Waals surface area contributed by atoms with Gasteiger partial charge in [0.1, 0.15) is 19.3 Å². The number of cyclic esters (lactones) is 1. The molecule has 1 aromatic carbocycles. The number of hydrogen-bond acceptors (Lipinski definition) is 7. The second-order valence-corrected chi connectivity index (χ2v) is 6.58. The van der Waals surface area contributed by atoms with Crippen LogP contribution in [0.15, 0.2) is 24.3 Å². The molecule has 0 radical (unpaired) electrons. The molecule has 0 spiro atoms. The third-order valence-electron chi connectivity index (χ3n) is 3.11. The second-order valence-electron chi connectivity index (χ2n) is 4.94. The molecule has 1 aromatic rings. The molecule has 8 nitrogen and oxygen atoms in total. The third-order valence-corrected chi connectivity index (χ3v) is 3.67. The summed E-state index contributed by atoms with van der Waals surface area (Å²) in [7, 11) is -2.01. The number of carbonyl (C=O) groups excluding carboxylic acids is 1. The molecule has 2 rings (SSSR count). The number of benzene rings is 1. The lowest BCUT2D eigenvalue weighted by Crippen LogP contribution is -2.30. The Morgan fingerprint density at radius 2 is 2.00 bits per heavy atom. The predicted molar refractivity (Wildman–Crippen MR) is 81.1 cm³/mol. The second kappa shape index (κ2) is 7.51. The molecular weight excluding hydrogens is 326 g/mol. The minimum Gasteiger partial charge on any atom is -0.493 e. The zero-order valence-corrected chi connectivity index (χ0v) is 13.7. The topological polar surface area (TPSA) is 91.4 Å². The zero-order valence-electron chi connectivity index (χ0n) is 12.9. The van der Waals surface area contributed by atoms with E-state index in [-0.39, 0.29) is 19.8 Å². The molecule has 1 saturated heterocycles. The van der Waals surface area contributed by atoms with Crippen LogP contribution >= 0.6 is 0 Å². The number of amides is 1. The Morgan fingerprint density at radius 3 is 2.65 bits per heavy atom. The van der Waals surface area contributed by atoms with Gasteiger partial charge in [-0.3, -0.25) is 4.18 Å². The minimum absolute atomic E-state index is 0.186. The van der Waals surface area contributed by atoms with Crippen molar-refractivity contribution in [2.45, 2.75) is 6.10 Å². The monoisotopic (exact) mass is 345 g/mol. The average Bonchev–Trinajstić information content (AvgIpc) is 2.85. The van der Waals surface area contributed by atoms with Crippen molar-refractivity contribution in [3.63, 3.8) is 0 Å². The van der Waals surface area contributed by atoms with Gasteiger partial charge in [0, 0.05) is 0 Å². The van der Waals surface area contributed by atoms with Crippen molar-refractivity contribution in [2.24, 2.45) is 0 Å². The fourth-order valence-corrected chi connectivity index (χ4v) is 2.45. The van der Waals surface area contributed by atoms with Gasteiger partial charge in [0.05, 0.1) is 26.5 Å². The third kappa shape index (κ3) is 5.29. The summed E-state index contributed by atoms with van der Waals surface area (Å²) in [6.45, 7) is 0.638. The fraction of sp³-hybridized carbons (Fsp3) is 0.500. The van der Waals surface area contributed by atoms with Crippen molar-refractivity contribution < 1.29 is 31.6 Å². The maximum absolute atomic E-state index is 11.7. The Morgan fingerprint density at radius 1 is 1.30 bits per heavy atom. The predicted octanol–water partition coefficient (Wildman–Crippen LogP) is 0.871. The van der Waals surface area contributed by atoms with Gasteiger partial charge in [-0.15, -0.1) is 0 Å². The Bertz CT molecular complexity index is 646. The van der Waals surface area contributed by atoms with E-state index in [9.17, 15) is 13.2 Å². The molecule has 0 saturated carbocycles.